The number of aromatic nitrogens is 3. The van der Waals surface area contributed by atoms with Gasteiger partial charge in [0.05, 0.1) is 32.9 Å². The first kappa shape index (κ1) is 24.7. The number of nitrogens with one attached hydrogen (secondary N) is 1. The van der Waals surface area contributed by atoms with Gasteiger partial charge in [0.15, 0.2) is 0 Å². The molecular weight excluding hydrogens is 519 g/mol. The number of thiophene rings is 2. The number of alkyl halides is 3. The van der Waals surface area contributed by atoms with Gasteiger partial charge in [0, 0.05) is 11.4 Å². The van der Waals surface area contributed by atoms with Gasteiger partial charge < -0.3 is 11.1 Å². The van der Waals surface area contributed by atoms with Crippen molar-refractivity contribution in [1.29, 1.82) is 0 Å². The maximum absolute atomic E-state index is 13.2. The quantitative estimate of drug-likeness (QED) is 0.222. The second kappa shape index (κ2) is 10.2. The zero-order valence-corrected chi connectivity index (χ0v) is 20.8. The Kier molecular flexibility index (Phi) is 6.81. The highest BCUT2D eigenvalue weighted by atomic mass is 32.1. The lowest BCUT2D eigenvalue weighted by molar-refractivity contribution is -0.138. The number of rotatable bonds is 7. The van der Waals surface area contributed by atoms with E-state index >= 15 is 0 Å². The van der Waals surface area contributed by atoms with Gasteiger partial charge in [-0.25, -0.2) is 0 Å². The average molecular weight is 540 g/mol. The molecule has 3 N–H and O–H groups in total. The van der Waals surface area contributed by atoms with E-state index in [9.17, 15) is 18.0 Å². The number of amides is 1. The number of halogens is 3. The summed E-state index contributed by atoms with van der Waals surface area (Å²) in [5.74, 6) is -0.303. The molecule has 5 aromatic rings. The van der Waals surface area contributed by atoms with Crippen LogP contribution in [0.25, 0.3) is 21.0 Å². The van der Waals surface area contributed by atoms with Gasteiger partial charge in [-0.2, -0.15) is 13.2 Å². The number of benzene rings is 2. The highest BCUT2D eigenvalue weighted by Gasteiger charge is 2.32. The molecule has 0 unspecified atom stereocenters. The largest absolute Gasteiger partial charge is 0.416 e. The first-order chi connectivity index (χ1) is 17.8. The molecule has 11 heteroatoms. The van der Waals surface area contributed by atoms with Crippen molar-refractivity contribution < 1.29 is 18.0 Å². The van der Waals surface area contributed by atoms with Crippen LogP contribution in [0.15, 0.2) is 78.3 Å². The molecule has 0 aliphatic rings. The summed E-state index contributed by atoms with van der Waals surface area (Å²) in [6.07, 6.45) is -2.59. The standard InChI is InChI=1S/C26H20F3N5OS2/c27-26(28,29)18-5-2-1-4-16(18)11-12-34-15-21(32-33-34)23-9-10-24(37-23)25(35)31-20-14-17(7-8-19(20)30)22-6-3-13-36-22/h1-10,13-15H,11-12,30H2,(H,31,35). The predicted molar refractivity (Wildman–Crippen MR) is 141 cm³/mol. The summed E-state index contributed by atoms with van der Waals surface area (Å²) in [4.78, 5) is 15.1. The van der Waals surface area contributed by atoms with Gasteiger partial charge in [0.2, 0.25) is 0 Å². The molecular formula is C26H20F3N5OS2. The van der Waals surface area contributed by atoms with Crippen molar-refractivity contribution in [3.05, 3.63) is 94.3 Å². The number of carbonyl (C=O) groups is 1. The van der Waals surface area contributed by atoms with Crippen LogP contribution in [0.5, 0.6) is 0 Å². The molecule has 0 radical (unpaired) electrons. The number of carbonyl (C=O) groups excluding carboxylic acids is 1. The molecule has 0 spiro atoms. The summed E-state index contributed by atoms with van der Waals surface area (Å²) in [5.41, 5.74) is 8.11. The van der Waals surface area contributed by atoms with E-state index in [0.717, 1.165) is 16.5 Å². The van der Waals surface area contributed by atoms with Crippen LogP contribution in [0.4, 0.5) is 24.5 Å². The Morgan fingerprint density at radius 1 is 1.03 bits per heavy atom. The molecule has 0 aliphatic carbocycles. The molecule has 37 heavy (non-hydrogen) atoms. The monoisotopic (exact) mass is 539 g/mol. The maximum atomic E-state index is 13.2. The molecule has 0 atom stereocenters. The van der Waals surface area contributed by atoms with Crippen molar-refractivity contribution in [3.8, 4) is 21.0 Å². The van der Waals surface area contributed by atoms with Crippen LogP contribution >= 0.6 is 22.7 Å². The molecule has 0 bridgehead atoms. The van der Waals surface area contributed by atoms with Crippen molar-refractivity contribution in [3.63, 3.8) is 0 Å². The highest BCUT2D eigenvalue weighted by Crippen LogP contribution is 2.33. The van der Waals surface area contributed by atoms with Gasteiger partial charge in [0.1, 0.15) is 5.69 Å². The first-order valence-corrected chi connectivity index (χ1v) is 12.9. The van der Waals surface area contributed by atoms with Crippen molar-refractivity contribution in [2.75, 3.05) is 11.1 Å². The summed E-state index contributed by atoms with van der Waals surface area (Å²) in [6, 6.07) is 18.4. The summed E-state index contributed by atoms with van der Waals surface area (Å²) < 4.78 is 41.2. The Morgan fingerprint density at radius 3 is 2.65 bits per heavy atom. The van der Waals surface area contributed by atoms with Crippen LogP contribution in [0.2, 0.25) is 0 Å². The lowest BCUT2D eigenvalue weighted by Gasteiger charge is -2.12. The van der Waals surface area contributed by atoms with Crippen LogP contribution in [0, 0.1) is 0 Å². The third-order valence-electron chi connectivity index (χ3n) is 5.66. The van der Waals surface area contributed by atoms with Crippen LogP contribution in [-0.2, 0) is 19.1 Å². The Labute approximate surface area is 218 Å². The summed E-state index contributed by atoms with van der Waals surface area (Å²) in [5, 5.41) is 13.0. The third kappa shape index (κ3) is 5.57. The molecule has 0 saturated carbocycles. The molecule has 0 fully saturated rings. The van der Waals surface area contributed by atoms with E-state index in [1.54, 1.807) is 41.8 Å². The van der Waals surface area contributed by atoms with Gasteiger partial charge in [0.25, 0.3) is 5.91 Å². The minimum absolute atomic E-state index is 0.155. The summed E-state index contributed by atoms with van der Waals surface area (Å²) >= 11 is 2.84. The number of hydrogen-bond donors (Lipinski definition) is 2. The molecule has 5 rings (SSSR count). The highest BCUT2D eigenvalue weighted by molar-refractivity contribution is 7.17. The van der Waals surface area contributed by atoms with Gasteiger partial charge >= 0.3 is 6.18 Å². The average Bonchev–Trinajstić information content (AvgIpc) is 3.65. The lowest BCUT2D eigenvalue weighted by atomic mass is 10.0. The van der Waals surface area contributed by atoms with E-state index < -0.39 is 11.7 Å². The summed E-state index contributed by atoms with van der Waals surface area (Å²) in [6.45, 7) is 0.235. The fourth-order valence-electron chi connectivity index (χ4n) is 3.81. The van der Waals surface area contributed by atoms with E-state index in [1.807, 2.05) is 29.6 Å². The number of nitrogens with two attached hydrogens (primary N) is 1. The van der Waals surface area contributed by atoms with Crippen molar-refractivity contribution in [2.45, 2.75) is 19.1 Å². The maximum Gasteiger partial charge on any atom is 0.416 e. The first-order valence-electron chi connectivity index (χ1n) is 11.2. The van der Waals surface area contributed by atoms with E-state index in [-0.39, 0.29) is 24.4 Å². The molecule has 3 heterocycles. The Bertz CT molecular complexity index is 1540. The van der Waals surface area contributed by atoms with Crippen LogP contribution < -0.4 is 11.1 Å². The van der Waals surface area contributed by atoms with Crippen molar-refractivity contribution >= 4 is 40.0 Å². The van der Waals surface area contributed by atoms with E-state index in [4.69, 9.17) is 5.73 Å². The number of anilines is 2. The number of nitrogens with zero attached hydrogens (tertiary/aromatic N) is 3. The van der Waals surface area contributed by atoms with Gasteiger partial charge in [-0.3, -0.25) is 9.48 Å². The minimum Gasteiger partial charge on any atom is -0.397 e. The predicted octanol–water partition coefficient (Wildman–Crippen LogP) is 6.83. The van der Waals surface area contributed by atoms with Crippen molar-refractivity contribution in [2.24, 2.45) is 0 Å². The summed E-state index contributed by atoms with van der Waals surface area (Å²) in [7, 11) is 0. The fraction of sp³-hybridized carbons (Fsp3) is 0.115. The Balaban J connectivity index is 1.26. The SMILES string of the molecule is Nc1ccc(-c2cccs2)cc1NC(=O)c1ccc(-c2cn(CCc3ccccc3C(F)(F)F)nn2)s1. The number of hydrogen-bond acceptors (Lipinski definition) is 6. The van der Waals surface area contributed by atoms with Crippen molar-refractivity contribution in [1.82, 2.24) is 15.0 Å². The smallest absolute Gasteiger partial charge is 0.397 e. The van der Waals surface area contributed by atoms with E-state index in [2.05, 4.69) is 15.6 Å². The molecule has 188 valence electrons. The third-order valence-corrected chi connectivity index (χ3v) is 7.69. The number of aryl methyl sites for hydroxylation is 2. The molecule has 0 aliphatic heterocycles. The minimum atomic E-state index is -4.41. The molecule has 6 nitrogen and oxygen atoms in total. The zero-order chi connectivity index (χ0) is 26.0. The zero-order valence-electron chi connectivity index (χ0n) is 19.2. The Morgan fingerprint density at radius 2 is 1.86 bits per heavy atom. The van der Waals surface area contributed by atoms with Gasteiger partial charge in [-0.05, 0) is 59.3 Å². The van der Waals surface area contributed by atoms with Gasteiger partial charge in [-0.15, -0.1) is 27.8 Å². The second-order valence-corrected chi connectivity index (χ2v) is 10.2. The topological polar surface area (TPSA) is 85.8 Å². The van der Waals surface area contributed by atoms with Gasteiger partial charge in [-0.1, -0.05) is 35.5 Å². The van der Waals surface area contributed by atoms with E-state index in [0.29, 0.717) is 26.8 Å². The normalized spacial score (nSPS) is 11.5. The van der Waals surface area contributed by atoms with E-state index in [1.165, 1.54) is 28.2 Å². The molecule has 3 aromatic heterocycles. The van der Waals surface area contributed by atoms with Crippen LogP contribution in [0.1, 0.15) is 20.8 Å². The fourth-order valence-corrected chi connectivity index (χ4v) is 5.39. The molecule has 2 aromatic carbocycles. The number of nitrogen functional groups attached to an aromatic ring is 1. The van der Waals surface area contributed by atoms with Crippen LogP contribution in [0.3, 0.4) is 0 Å². The second-order valence-electron chi connectivity index (χ2n) is 8.17. The molecule has 1 amide bonds. The Hall–Kier alpha value is -3.96. The molecule has 0 saturated heterocycles. The van der Waals surface area contributed by atoms with Crippen LogP contribution in [-0.4, -0.2) is 20.9 Å². The lowest BCUT2D eigenvalue weighted by Crippen LogP contribution is -2.11.